The van der Waals surface area contributed by atoms with Crippen LogP contribution in [0.1, 0.15) is 0 Å². The third-order valence-corrected chi connectivity index (χ3v) is 1.56. The van der Waals surface area contributed by atoms with E-state index in [-0.39, 0.29) is 0 Å². The van der Waals surface area contributed by atoms with Gasteiger partial charge in [0.2, 0.25) is 0 Å². The van der Waals surface area contributed by atoms with E-state index in [0.717, 1.165) is 6.08 Å². The maximum atomic E-state index is 11.1. The Bertz CT molecular complexity index is 310. The Labute approximate surface area is 96.2 Å². The predicted octanol–water partition coefficient (Wildman–Crippen LogP) is -1.62. The fraction of sp³-hybridized carbons (Fsp3) is 0.333. The lowest BCUT2D eigenvalue weighted by molar-refractivity contribution is -0.456. The van der Waals surface area contributed by atoms with E-state index in [2.05, 4.69) is 28.0 Å². The summed E-state index contributed by atoms with van der Waals surface area (Å²) in [4.78, 5) is 29.3. The molecule has 0 radical (unpaired) electrons. The first-order valence-corrected chi connectivity index (χ1v) is 4.31. The highest BCUT2D eigenvalue weighted by Gasteiger charge is 2.25. The number of carbonyl (C=O) groups is 2. The Kier molecular flexibility index (Phi) is 6.75. The zero-order valence-electron chi connectivity index (χ0n) is 8.74. The molecule has 0 aliphatic heterocycles. The van der Waals surface area contributed by atoms with Crippen molar-refractivity contribution in [2.24, 2.45) is 0 Å². The zero-order chi connectivity index (χ0) is 13.4. The van der Waals surface area contributed by atoms with Crippen molar-refractivity contribution >= 4 is 11.9 Å². The van der Waals surface area contributed by atoms with Crippen molar-refractivity contribution in [1.82, 2.24) is 0 Å². The molecule has 0 bridgehead atoms. The third-order valence-electron chi connectivity index (χ3n) is 1.56. The average molecular weight is 248 g/mol. The molecule has 8 nitrogen and oxygen atoms in total. The molecule has 0 heterocycles. The summed E-state index contributed by atoms with van der Waals surface area (Å²) in [6.07, 6.45) is -2.57. The van der Waals surface area contributed by atoms with Crippen molar-refractivity contribution in [3.8, 4) is 0 Å². The molecular weight excluding hydrogens is 236 g/mol. The highest BCUT2D eigenvalue weighted by molar-refractivity contribution is 5.88. The molecular formula is C9H12O8. The van der Waals surface area contributed by atoms with Crippen molar-refractivity contribution in [2.45, 2.75) is 12.2 Å². The van der Waals surface area contributed by atoms with E-state index in [1.165, 1.54) is 0 Å². The van der Waals surface area contributed by atoms with E-state index in [4.69, 9.17) is 10.2 Å². The number of hydrogen-bond acceptors (Lipinski definition) is 8. The molecule has 0 aliphatic carbocycles. The molecule has 0 fully saturated rings. The molecule has 3 N–H and O–H groups in total. The van der Waals surface area contributed by atoms with Crippen LogP contribution >= 0.6 is 0 Å². The van der Waals surface area contributed by atoms with Gasteiger partial charge in [-0.2, -0.15) is 0 Å². The highest BCUT2D eigenvalue weighted by Crippen LogP contribution is 2.07. The highest BCUT2D eigenvalue weighted by atomic mass is 17.5. The van der Waals surface area contributed by atoms with Crippen LogP contribution in [0.4, 0.5) is 0 Å². The lowest BCUT2D eigenvalue weighted by atomic mass is 10.1. The van der Waals surface area contributed by atoms with Crippen LogP contribution in [0.5, 0.6) is 0 Å². The van der Waals surface area contributed by atoms with Gasteiger partial charge < -0.3 is 15.3 Å². The third kappa shape index (κ3) is 5.22. The molecule has 0 aromatic rings. The van der Waals surface area contributed by atoms with Crippen LogP contribution in [0, 0.1) is 0 Å². The predicted molar refractivity (Wildman–Crippen MR) is 51.7 cm³/mol. The van der Waals surface area contributed by atoms with E-state index in [1.807, 2.05) is 0 Å². The van der Waals surface area contributed by atoms with E-state index < -0.39 is 36.3 Å². The molecule has 17 heavy (non-hydrogen) atoms. The van der Waals surface area contributed by atoms with Crippen LogP contribution in [-0.2, 0) is 24.4 Å². The molecule has 0 saturated carbocycles. The van der Waals surface area contributed by atoms with Gasteiger partial charge in [0.1, 0.15) is 12.2 Å². The number of rotatable bonds is 7. The lowest BCUT2D eigenvalue weighted by Gasteiger charge is -2.15. The largest absolute Gasteiger partial charge is 0.394 e. The van der Waals surface area contributed by atoms with E-state index in [9.17, 15) is 14.7 Å². The first kappa shape index (κ1) is 15.3. The summed E-state index contributed by atoms with van der Waals surface area (Å²) in [5.41, 5.74) is -0.582. The molecule has 2 atom stereocenters. The summed E-state index contributed by atoms with van der Waals surface area (Å²) < 4.78 is 0. The number of hydrogen-bond donors (Lipinski definition) is 3. The Hall–Kier alpha value is -1.74. The van der Waals surface area contributed by atoms with Crippen molar-refractivity contribution < 1.29 is 39.7 Å². The quantitative estimate of drug-likeness (QED) is 0.279. The van der Waals surface area contributed by atoms with Crippen molar-refractivity contribution in [3.05, 3.63) is 24.8 Å². The van der Waals surface area contributed by atoms with Crippen LogP contribution in [0.15, 0.2) is 24.8 Å². The maximum Gasteiger partial charge on any atom is 0.375 e. The first-order chi connectivity index (χ1) is 7.93. The van der Waals surface area contributed by atoms with Crippen LogP contribution < -0.4 is 0 Å². The first-order valence-electron chi connectivity index (χ1n) is 4.31. The summed E-state index contributed by atoms with van der Waals surface area (Å²) in [5.74, 6) is -2.28. The minimum atomic E-state index is -1.73. The van der Waals surface area contributed by atoms with Gasteiger partial charge in [0.15, 0.2) is 0 Å². The number of aliphatic hydroxyl groups excluding tert-OH is 3. The summed E-state index contributed by atoms with van der Waals surface area (Å²) in [6.45, 7) is 5.37. The molecule has 96 valence electrons. The Morgan fingerprint density at radius 2 is 1.88 bits per heavy atom. The van der Waals surface area contributed by atoms with Crippen LogP contribution in [0.3, 0.4) is 0 Å². The van der Waals surface area contributed by atoms with E-state index in [0.29, 0.717) is 0 Å². The summed E-state index contributed by atoms with van der Waals surface area (Å²) >= 11 is 0. The van der Waals surface area contributed by atoms with Gasteiger partial charge in [-0.25, -0.2) is 9.59 Å². The molecule has 2 unspecified atom stereocenters. The number of aliphatic hydroxyl groups is 3. The minimum absolute atomic E-state index is 0.582. The molecule has 0 aliphatic rings. The molecule has 0 spiro atoms. The second-order valence-electron chi connectivity index (χ2n) is 2.77. The van der Waals surface area contributed by atoms with Gasteiger partial charge in [-0.15, -0.1) is 0 Å². The van der Waals surface area contributed by atoms with Gasteiger partial charge in [0.05, 0.1) is 12.2 Å². The lowest BCUT2D eigenvalue weighted by Crippen LogP contribution is -2.34. The summed E-state index contributed by atoms with van der Waals surface area (Å²) in [7, 11) is 0. The van der Waals surface area contributed by atoms with Gasteiger partial charge >= 0.3 is 11.9 Å². The fourth-order valence-electron chi connectivity index (χ4n) is 0.622. The second kappa shape index (κ2) is 7.52. The van der Waals surface area contributed by atoms with E-state index in [1.54, 1.807) is 0 Å². The molecule has 8 heteroatoms. The normalized spacial score (nSPS) is 13.4. The Morgan fingerprint density at radius 3 is 2.35 bits per heavy atom. The SMILES string of the molecule is C=CC(=O)OOOC(=O)C(=C)C(O)C(O)CO. The standard InChI is InChI=1S/C9H12O8/c1-3-7(12)15-17-16-9(14)5(2)8(13)6(11)4-10/h3,6,8,10-11,13H,1-2,4H2. The topological polar surface area (TPSA) is 123 Å². The van der Waals surface area contributed by atoms with Gasteiger partial charge in [-0.1, -0.05) is 13.2 Å². The smallest absolute Gasteiger partial charge is 0.375 e. The second-order valence-corrected chi connectivity index (χ2v) is 2.77. The van der Waals surface area contributed by atoms with Crippen LogP contribution in [-0.4, -0.2) is 46.1 Å². The van der Waals surface area contributed by atoms with E-state index >= 15 is 0 Å². The molecule has 0 amide bonds. The maximum absolute atomic E-state index is 11.1. The fourth-order valence-corrected chi connectivity index (χ4v) is 0.622. The van der Waals surface area contributed by atoms with Gasteiger partial charge in [0.25, 0.3) is 0 Å². The van der Waals surface area contributed by atoms with Crippen molar-refractivity contribution in [1.29, 1.82) is 0 Å². The molecule has 0 rings (SSSR count). The Balaban J connectivity index is 4.10. The number of carbonyl (C=O) groups excluding carboxylic acids is 2. The van der Waals surface area contributed by atoms with Crippen LogP contribution in [0.25, 0.3) is 0 Å². The van der Waals surface area contributed by atoms with Gasteiger partial charge in [-0.3, -0.25) is 9.78 Å². The average Bonchev–Trinajstić information content (AvgIpc) is 2.35. The Morgan fingerprint density at radius 1 is 1.29 bits per heavy atom. The molecule has 0 aromatic heterocycles. The van der Waals surface area contributed by atoms with Gasteiger partial charge in [0, 0.05) is 11.1 Å². The minimum Gasteiger partial charge on any atom is -0.394 e. The monoisotopic (exact) mass is 248 g/mol. The van der Waals surface area contributed by atoms with Crippen molar-refractivity contribution in [2.75, 3.05) is 6.61 Å². The summed E-state index contributed by atoms with van der Waals surface area (Å²) in [5, 5.41) is 30.5. The van der Waals surface area contributed by atoms with Gasteiger partial charge in [-0.05, 0) is 0 Å². The molecule has 0 saturated heterocycles. The van der Waals surface area contributed by atoms with Crippen molar-refractivity contribution in [3.63, 3.8) is 0 Å². The summed E-state index contributed by atoms with van der Waals surface area (Å²) in [6, 6.07) is 0. The molecule has 0 aromatic carbocycles. The van der Waals surface area contributed by atoms with Crippen LogP contribution in [0.2, 0.25) is 0 Å². The zero-order valence-corrected chi connectivity index (χ0v) is 8.74.